The highest BCUT2D eigenvalue weighted by Crippen LogP contribution is 2.33. The maximum Gasteiger partial charge on any atom is 0.253 e. The van der Waals surface area contributed by atoms with E-state index in [2.05, 4.69) is 0 Å². The molecule has 1 aromatic rings. The van der Waals surface area contributed by atoms with Crippen LogP contribution in [0.2, 0.25) is 0 Å². The lowest BCUT2D eigenvalue weighted by atomic mass is 9.88. The van der Waals surface area contributed by atoms with Crippen molar-refractivity contribution in [2.75, 3.05) is 31.1 Å². The van der Waals surface area contributed by atoms with Gasteiger partial charge in [0.2, 0.25) is 5.91 Å². The molecule has 0 aliphatic carbocycles. The number of amides is 2. The molecule has 2 heterocycles. The summed E-state index contributed by atoms with van der Waals surface area (Å²) in [6.45, 7) is 3.69. The van der Waals surface area contributed by atoms with Crippen molar-refractivity contribution in [1.29, 1.82) is 0 Å². The third-order valence-corrected chi connectivity index (χ3v) is 4.86. The van der Waals surface area contributed by atoms with Gasteiger partial charge in [-0.15, -0.1) is 0 Å². The predicted molar refractivity (Wildman–Crippen MR) is 88.2 cm³/mol. The molecule has 2 aliphatic heterocycles. The van der Waals surface area contributed by atoms with Gasteiger partial charge in [-0.2, -0.15) is 0 Å². The lowest BCUT2D eigenvalue weighted by Gasteiger charge is -2.47. The zero-order chi connectivity index (χ0) is 17.2. The number of piperidine rings is 1. The predicted octanol–water partition coefficient (Wildman–Crippen LogP) is 2.35. The number of carbonyl (C=O) groups excluding carboxylic acids is 2. The van der Waals surface area contributed by atoms with Crippen LogP contribution >= 0.6 is 0 Å². The van der Waals surface area contributed by atoms with Crippen molar-refractivity contribution in [3.63, 3.8) is 0 Å². The molecule has 0 bridgehead atoms. The molecule has 3 rings (SSSR count). The van der Waals surface area contributed by atoms with Gasteiger partial charge < -0.3 is 14.5 Å². The number of anilines is 1. The van der Waals surface area contributed by atoms with E-state index in [1.54, 1.807) is 17.0 Å². The summed E-state index contributed by atoms with van der Waals surface area (Å²) in [4.78, 5) is 27.7. The molecule has 2 fully saturated rings. The van der Waals surface area contributed by atoms with Crippen LogP contribution in [0, 0.1) is 5.82 Å². The minimum Gasteiger partial charge on any atom is -0.363 e. The van der Waals surface area contributed by atoms with Crippen molar-refractivity contribution in [3.8, 4) is 0 Å². The van der Waals surface area contributed by atoms with E-state index in [9.17, 15) is 14.0 Å². The lowest BCUT2D eigenvalue weighted by Crippen LogP contribution is -2.59. The van der Waals surface area contributed by atoms with Crippen molar-refractivity contribution < 1.29 is 18.7 Å². The van der Waals surface area contributed by atoms with Crippen LogP contribution in [-0.2, 0) is 14.3 Å². The molecule has 2 amide bonds. The Hall–Kier alpha value is -1.95. The fraction of sp³-hybridized carbons (Fsp3) is 0.556. The largest absolute Gasteiger partial charge is 0.363 e. The number of benzene rings is 1. The maximum absolute atomic E-state index is 13.5. The minimum absolute atomic E-state index is 0.000576. The van der Waals surface area contributed by atoms with E-state index < -0.39 is 5.60 Å². The van der Waals surface area contributed by atoms with E-state index in [1.165, 1.54) is 12.1 Å². The summed E-state index contributed by atoms with van der Waals surface area (Å²) >= 11 is 0. The average Bonchev–Trinajstić information content (AvgIpc) is 2.58. The number of carbonyl (C=O) groups is 2. The Morgan fingerprint density at radius 1 is 1.33 bits per heavy atom. The van der Waals surface area contributed by atoms with Gasteiger partial charge in [-0.1, -0.05) is 13.0 Å². The Kier molecular flexibility index (Phi) is 4.85. The van der Waals surface area contributed by atoms with Gasteiger partial charge >= 0.3 is 0 Å². The van der Waals surface area contributed by atoms with Crippen molar-refractivity contribution in [3.05, 3.63) is 30.1 Å². The van der Waals surface area contributed by atoms with E-state index in [4.69, 9.17) is 4.74 Å². The molecule has 1 spiro atoms. The van der Waals surface area contributed by atoms with Gasteiger partial charge in [-0.05, 0) is 37.5 Å². The van der Waals surface area contributed by atoms with Crippen molar-refractivity contribution in [2.45, 2.75) is 38.2 Å². The van der Waals surface area contributed by atoms with Gasteiger partial charge in [0.25, 0.3) is 5.91 Å². The highest BCUT2D eigenvalue weighted by atomic mass is 19.1. The molecule has 2 aliphatic rings. The smallest absolute Gasteiger partial charge is 0.253 e. The number of halogens is 1. The van der Waals surface area contributed by atoms with E-state index in [-0.39, 0.29) is 24.2 Å². The van der Waals surface area contributed by atoms with Gasteiger partial charge in [0.15, 0.2) is 0 Å². The summed E-state index contributed by atoms with van der Waals surface area (Å²) in [6, 6.07) is 6.07. The summed E-state index contributed by atoms with van der Waals surface area (Å²) in [5.74, 6) is -0.335. The number of hydrogen-bond acceptors (Lipinski definition) is 3. The van der Waals surface area contributed by atoms with Crippen LogP contribution in [0.4, 0.5) is 10.1 Å². The highest BCUT2D eigenvalue weighted by molar-refractivity contribution is 5.95. The first-order chi connectivity index (χ1) is 11.5. The second-order valence-electron chi connectivity index (χ2n) is 6.56. The molecule has 0 unspecified atom stereocenters. The maximum atomic E-state index is 13.5. The molecule has 0 atom stereocenters. The Morgan fingerprint density at radius 3 is 2.75 bits per heavy atom. The molecule has 6 heteroatoms. The number of likely N-dealkylation sites (tertiary alicyclic amines) is 1. The number of nitrogens with zero attached hydrogens (tertiary/aromatic N) is 2. The summed E-state index contributed by atoms with van der Waals surface area (Å²) < 4.78 is 19.3. The molecule has 1 aromatic carbocycles. The first-order valence-corrected chi connectivity index (χ1v) is 8.51. The molecule has 0 radical (unpaired) electrons. The second kappa shape index (κ2) is 6.89. The van der Waals surface area contributed by atoms with Crippen molar-refractivity contribution in [2.24, 2.45) is 0 Å². The molecular weight excluding hydrogens is 311 g/mol. The number of hydrogen-bond donors (Lipinski definition) is 0. The second-order valence-corrected chi connectivity index (χ2v) is 6.56. The quantitative estimate of drug-likeness (QED) is 0.853. The molecular formula is C18H23FN2O3. The van der Waals surface area contributed by atoms with Crippen LogP contribution in [0.5, 0.6) is 0 Å². The normalized spacial score (nSPS) is 20.5. The lowest BCUT2D eigenvalue weighted by molar-refractivity contribution is -0.150. The SMILES string of the molecule is CCCC(=O)N1CCC2(CC1)CN(c1cccc(F)c1)C(=O)CO2. The van der Waals surface area contributed by atoms with Crippen LogP contribution in [-0.4, -0.2) is 48.6 Å². The Bertz CT molecular complexity index is 626. The van der Waals surface area contributed by atoms with Gasteiger partial charge in [0.1, 0.15) is 12.4 Å². The Balaban J connectivity index is 1.70. The van der Waals surface area contributed by atoms with Crippen LogP contribution < -0.4 is 4.90 Å². The van der Waals surface area contributed by atoms with E-state index in [0.29, 0.717) is 44.6 Å². The summed E-state index contributed by atoms with van der Waals surface area (Å²) in [5, 5.41) is 0. The number of morpholine rings is 1. The first kappa shape index (κ1) is 16.9. The fourth-order valence-corrected chi connectivity index (χ4v) is 3.43. The standard InChI is InChI=1S/C18H23FN2O3/c1-2-4-16(22)20-9-7-18(8-10-20)13-21(17(23)12-24-18)15-6-3-5-14(19)11-15/h3,5-6,11H,2,4,7-10,12-13H2,1H3. The third kappa shape index (κ3) is 3.43. The first-order valence-electron chi connectivity index (χ1n) is 8.51. The van der Waals surface area contributed by atoms with Crippen LogP contribution in [0.3, 0.4) is 0 Å². The minimum atomic E-state index is -0.441. The topological polar surface area (TPSA) is 49.9 Å². The molecule has 2 saturated heterocycles. The molecule has 0 aromatic heterocycles. The molecule has 0 saturated carbocycles. The summed E-state index contributed by atoms with van der Waals surface area (Å²) in [6.07, 6.45) is 2.81. The Morgan fingerprint density at radius 2 is 2.08 bits per heavy atom. The van der Waals surface area contributed by atoms with Crippen LogP contribution in [0.1, 0.15) is 32.6 Å². The van der Waals surface area contributed by atoms with E-state index >= 15 is 0 Å². The van der Waals surface area contributed by atoms with Gasteiger partial charge in [-0.3, -0.25) is 9.59 Å². The van der Waals surface area contributed by atoms with Gasteiger partial charge in [0, 0.05) is 25.2 Å². The van der Waals surface area contributed by atoms with Crippen molar-refractivity contribution in [1.82, 2.24) is 4.90 Å². The zero-order valence-electron chi connectivity index (χ0n) is 14.0. The third-order valence-electron chi connectivity index (χ3n) is 4.86. The molecule has 5 nitrogen and oxygen atoms in total. The van der Waals surface area contributed by atoms with Gasteiger partial charge in [-0.25, -0.2) is 4.39 Å². The number of ether oxygens (including phenoxy) is 1. The van der Waals surface area contributed by atoms with Crippen LogP contribution in [0.15, 0.2) is 24.3 Å². The van der Waals surface area contributed by atoms with E-state index in [0.717, 1.165) is 6.42 Å². The van der Waals surface area contributed by atoms with E-state index in [1.807, 2.05) is 11.8 Å². The van der Waals surface area contributed by atoms with Crippen molar-refractivity contribution >= 4 is 17.5 Å². The fourth-order valence-electron chi connectivity index (χ4n) is 3.43. The monoisotopic (exact) mass is 334 g/mol. The molecule has 130 valence electrons. The number of rotatable bonds is 3. The Labute approximate surface area is 141 Å². The molecule has 0 N–H and O–H groups in total. The summed E-state index contributed by atoms with van der Waals surface area (Å²) in [7, 11) is 0. The van der Waals surface area contributed by atoms with Crippen LogP contribution in [0.25, 0.3) is 0 Å². The molecule has 24 heavy (non-hydrogen) atoms. The zero-order valence-corrected chi connectivity index (χ0v) is 14.0. The average molecular weight is 334 g/mol. The summed E-state index contributed by atoms with van der Waals surface area (Å²) in [5.41, 5.74) is 0.121. The highest BCUT2D eigenvalue weighted by Gasteiger charge is 2.43. The van der Waals surface area contributed by atoms with Gasteiger partial charge in [0.05, 0.1) is 12.1 Å².